The third-order valence-electron chi connectivity index (χ3n) is 9.19. The van der Waals surface area contributed by atoms with Crippen LogP contribution < -0.4 is 0 Å². The molecule has 0 aromatic carbocycles. The van der Waals surface area contributed by atoms with E-state index in [1.165, 1.54) is 154 Å². The molecule has 0 aromatic heterocycles. The van der Waals surface area contributed by atoms with Gasteiger partial charge in [-0.15, -0.1) is 0 Å². The topological polar surface area (TPSA) is 55.8 Å². The predicted octanol–water partition coefficient (Wildman–Crippen LogP) is 13.7. The Morgan fingerprint density at radius 2 is 0.896 bits per heavy atom. The fourth-order valence-corrected chi connectivity index (χ4v) is 5.99. The summed E-state index contributed by atoms with van der Waals surface area (Å²) >= 11 is 0. The highest BCUT2D eigenvalue weighted by molar-refractivity contribution is 5.69. The van der Waals surface area contributed by atoms with Crippen LogP contribution in [-0.4, -0.2) is 37.0 Å². The molecule has 0 bridgehead atoms. The number of carbonyl (C=O) groups excluding carboxylic acids is 1. The van der Waals surface area contributed by atoms with Crippen molar-refractivity contribution in [2.75, 3.05) is 19.8 Å². The van der Waals surface area contributed by atoms with E-state index >= 15 is 0 Å². The Hall–Kier alpha value is -1.39. The number of ether oxygens (including phenoxy) is 2. The molecule has 0 saturated carbocycles. The second kappa shape index (κ2) is 41.8. The molecule has 1 unspecified atom stereocenters. The van der Waals surface area contributed by atoms with Crippen molar-refractivity contribution in [3.8, 4) is 0 Å². The van der Waals surface area contributed by atoms with Gasteiger partial charge in [0, 0.05) is 13.0 Å². The number of hydrogen-bond donors (Lipinski definition) is 1. The molecular weight excluding hydrogens is 592 g/mol. The van der Waals surface area contributed by atoms with Crippen LogP contribution in [0.5, 0.6) is 0 Å². The third kappa shape index (κ3) is 39.1. The van der Waals surface area contributed by atoms with Crippen LogP contribution in [0.4, 0.5) is 0 Å². The van der Waals surface area contributed by atoms with Gasteiger partial charge in [0.2, 0.25) is 0 Å². The highest BCUT2D eigenvalue weighted by Gasteiger charge is 2.13. The third-order valence-corrected chi connectivity index (χ3v) is 9.19. The van der Waals surface area contributed by atoms with Gasteiger partial charge in [-0.3, -0.25) is 4.79 Å². The minimum absolute atomic E-state index is 0.177. The lowest BCUT2D eigenvalue weighted by atomic mass is 10.1. The summed E-state index contributed by atoms with van der Waals surface area (Å²) in [6.45, 7) is 5.30. The molecule has 0 amide bonds. The van der Waals surface area contributed by atoms with Gasteiger partial charge in [-0.05, 0) is 64.2 Å². The van der Waals surface area contributed by atoms with E-state index in [4.69, 9.17) is 9.47 Å². The minimum Gasteiger partial charge on any atom is -0.457 e. The summed E-state index contributed by atoms with van der Waals surface area (Å²) in [6, 6.07) is 0. The van der Waals surface area contributed by atoms with Crippen molar-refractivity contribution in [1.29, 1.82) is 0 Å². The molecule has 0 spiro atoms. The van der Waals surface area contributed by atoms with E-state index in [9.17, 15) is 9.90 Å². The number of carbonyl (C=O) groups is 1. The first-order valence-electron chi connectivity index (χ1n) is 21.1. The Bertz CT molecular complexity index is 713. The van der Waals surface area contributed by atoms with Crippen molar-refractivity contribution in [2.45, 2.75) is 219 Å². The average Bonchev–Trinajstić information content (AvgIpc) is 3.09. The van der Waals surface area contributed by atoms with E-state index in [2.05, 4.69) is 50.3 Å². The molecule has 1 N–H and O–H groups in total. The molecule has 0 aliphatic carbocycles. The predicted molar refractivity (Wildman–Crippen MR) is 210 cm³/mol. The molecule has 48 heavy (non-hydrogen) atoms. The molecule has 0 aliphatic heterocycles. The standard InChI is InChI=1S/C44H82O4/c1-3-5-7-9-11-13-15-17-19-20-21-22-23-24-25-26-28-30-32-34-36-38-40-47-42-43(41-45)48-44(46)39-37-35-33-31-29-27-18-16-14-12-10-8-6-4-2/h10,12,16,18,20-21,43,45H,3-9,11,13-15,17,19,22-42H2,1-2H3/b12-10-,18-16-,21-20-. The van der Waals surface area contributed by atoms with E-state index < -0.39 is 6.10 Å². The molecular formula is C44H82O4. The summed E-state index contributed by atoms with van der Waals surface area (Å²) in [7, 11) is 0. The van der Waals surface area contributed by atoms with Crippen LogP contribution in [0.25, 0.3) is 0 Å². The van der Waals surface area contributed by atoms with Crippen LogP contribution in [-0.2, 0) is 14.3 Å². The van der Waals surface area contributed by atoms with Crippen LogP contribution in [0.1, 0.15) is 213 Å². The van der Waals surface area contributed by atoms with E-state index in [0.29, 0.717) is 19.6 Å². The van der Waals surface area contributed by atoms with Crippen molar-refractivity contribution < 1.29 is 19.4 Å². The molecule has 0 aliphatic rings. The first-order chi connectivity index (χ1) is 23.7. The van der Waals surface area contributed by atoms with Gasteiger partial charge in [0.15, 0.2) is 0 Å². The summed E-state index contributed by atoms with van der Waals surface area (Å²) in [5, 5.41) is 9.58. The van der Waals surface area contributed by atoms with Gasteiger partial charge < -0.3 is 14.6 Å². The lowest BCUT2D eigenvalue weighted by Gasteiger charge is -2.15. The average molecular weight is 675 g/mol. The van der Waals surface area contributed by atoms with E-state index in [0.717, 1.165) is 38.5 Å². The maximum absolute atomic E-state index is 12.2. The molecule has 4 heteroatoms. The van der Waals surface area contributed by atoms with Crippen molar-refractivity contribution in [3.05, 3.63) is 36.5 Å². The zero-order chi connectivity index (χ0) is 34.9. The van der Waals surface area contributed by atoms with Gasteiger partial charge >= 0.3 is 5.97 Å². The zero-order valence-electron chi connectivity index (χ0n) is 32.3. The lowest BCUT2D eigenvalue weighted by molar-refractivity contribution is -0.154. The molecule has 0 rings (SSSR count). The number of aliphatic hydroxyl groups excluding tert-OH is 1. The monoisotopic (exact) mass is 675 g/mol. The Morgan fingerprint density at radius 1 is 0.500 bits per heavy atom. The number of allylic oxidation sites excluding steroid dienone is 6. The van der Waals surface area contributed by atoms with Crippen molar-refractivity contribution in [1.82, 2.24) is 0 Å². The molecule has 0 radical (unpaired) electrons. The summed E-state index contributed by atoms with van der Waals surface area (Å²) in [5.41, 5.74) is 0. The summed E-state index contributed by atoms with van der Waals surface area (Å²) in [4.78, 5) is 12.2. The van der Waals surface area contributed by atoms with Crippen molar-refractivity contribution >= 4 is 5.97 Å². The number of hydrogen-bond acceptors (Lipinski definition) is 4. The van der Waals surface area contributed by atoms with Gasteiger partial charge in [-0.1, -0.05) is 179 Å². The van der Waals surface area contributed by atoms with E-state index in [-0.39, 0.29) is 12.6 Å². The minimum atomic E-state index is -0.540. The first-order valence-corrected chi connectivity index (χ1v) is 21.1. The highest BCUT2D eigenvalue weighted by Crippen LogP contribution is 2.14. The summed E-state index contributed by atoms with van der Waals surface area (Å²) in [5.74, 6) is -0.214. The van der Waals surface area contributed by atoms with Crippen LogP contribution >= 0.6 is 0 Å². The molecule has 0 heterocycles. The Kier molecular flexibility index (Phi) is 40.6. The van der Waals surface area contributed by atoms with Crippen molar-refractivity contribution in [3.63, 3.8) is 0 Å². The number of unbranched alkanes of at least 4 members (excludes halogenated alkanes) is 25. The smallest absolute Gasteiger partial charge is 0.306 e. The molecule has 1 atom stereocenters. The quantitative estimate of drug-likeness (QED) is 0.0400. The number of rotatable bonds is 39. The SMILES string of the molecule is CCCC/C=C\C/C=C\CCCCCCCC(=O)OC(CO)COCCCCCCCCCCCC/C=C\CCCCCCCCCC. The largest absolute Gasteiger partial charge is 0.457 e. The van der Waals surface area contributed by atoms with E-state index in [1.54, 1.807) is 0 Å². The maximum Gasteiger partial charge on any atom is 0.306 e. The van der Waals surface area contributed by atoms with Crippen LogP contribution in [0, 0.1) is 0 Å². The van der Waals surface area contributed by atoms with E-state index in [1.807, 2.05) is 0 Å². The van der Waals surface area contributed by atoms with Gasteiger partial charge in [0.25, 0.3) is 0 Å². The Balaban J connectivity index is 3.41. The highest BCUT2D eigenvalue weighted by atomic mass is 16.6. The van der Waals surface area contributed by atoms with Gasteiger partial charge in [-0.25, -0.2) is 0 Å². The summed E-state index contributed by atoms with van der Waals surface area (Å²) in [6.07, 6.45) is 52.0. The lowest BCUT2D eigenvalue weighted by Crippen LogP contribution is -2.27. The second-order valence-corrected chi connectivity index (χ2v) is 14.1. The van der Waals surface area contributed by atoms with Crippen LogP contribution in [0.2, 0.25) is 0 Å². The van der Waals surface area contributed by atoms with Gasteiger partial charge in [-0.2, -0.15) is 0 Å². The normalized spacial score (nSPS) is 12.6. The van der Waals surface area contributed by atoms with Crippen LogP contribution in [0.3, 0.4) is 0 Å². The van der Waals surface area contributed by atoms with Crippen molar-refractivity contribution in [2.24, 2.45) is 0 Å². The summed E-state index contributed by atoms with van der Waals surface area (Å²) < 4.78 is 11.1. The van der Waals surface area contributed by atoms with Gasteiger partial charge in [0.05, 0.1) is 13.2 Å². The molecule has 0 saturated heterocycles. The fraction of sp³-hybridized carbons (Fsp3) is 0.841. The second-order valence-electron chi connectivity index (χ2n) is 14.1. The fourth-order valence-electron chi connectivity index (χ4n) is 5.99. The first kappa shape index (κ1) is 46.6. The molecule has 0 fully saturated rings. The Labute approximate surface area is 300 Å². The Morgan fingerprint density at radius 3 is 1.38 bits per heavy atom. The number of aliphatic hydroxyl groups is 1. The van der Waals surface area contributed by atoms with Crippen LogP contribution in [0.15, 0.2) is 36.5 Å². The zero-order valence-corrected chi connectivity index (χ0v) is 32.3. The maximum atomic E-state index is 12.2. The number of esters is 1. The van der Waals surface area contributed by atoms with Gasteiger partial charge in [0.1, 0.15) is 6.10 Å². The molecule has 282 valence electrons. The molecule has 4 nitrogen and oxygen atoms in total. The molecule has 0 aromatic rings.